The molecule has 0 aliphatic carbocycles. The number of pyridine rings is 2. The van der Waals surface area contributed by atoms with Crippen LogP contribution in [0.5, 0.6) is 0 Å². The zero-order valence-electron chi connectivity index (χ0n) is 16.6. The maximum absolute atomic E-state index is 4.70. The molecule has 0 radical (unpaired) electrons. The van der Waals surface area contributed by atoms with Crippen LogP contribution in [0.25, 0.3) is 22.4 Å². The molecular weight excluding hydrogens is 384 g/mol. The van der Waals surface area contributed by atoms with Crippen molar-refractivity contribution in [2.45, 2.75) is 0 Å². The van der Waals surface area contributed by atoms with Crippen molar-refractivity contribution in [3.05, 3.63) is 103 Å². The first-order valence-corrected chi connectivity index (χ1v) is 9.84. The van der Waals surface area contributed by atoms with Crippen LogP contribution < -0.4 is 0 Å². The number of fused-ring (bicyclic) bond motifs is 1. The van der Waals surface area contributed by atoms with E-state index in [9.17, 15) is 0 Å². The van der Waals surface area contributed by atoms with Crippen LogP contribution in [0.15, 0.2) is 101 Å². The largest absolute Gasteiger partial charge is 0.338 e. The van der Waals surface area contributed by atoms with Crippen molar-refractivity contribution in [3.63, 3.8) is 0 Å². The Morgan fingerprint density at radius 2 is 1.32 bits per heavy atom. The van der Waals surface area contributed by atoms with Gasteiger partial charge in [-0.25, -0.2) is 4.98 Å². The molecular formula is C25H18N6. The molecule has 0 spiro atoms. The fourth-order valence-electron chi connectivity index (χ4n) is 3.11. The second-order valence-corrected chi connectivity index (χ2v) is 6.86. The maximum atomic E-state index is 4.70. The molecule has 0 bridgehead atoms. The average Bonchev–Trinajstić information content (AvgIpc) is 3.26. The summed E-state index contributed by atoms with van der Waals surface area (Å²) in [6.07, 6.45) is 7.01. The first kappa shape index (κ1) is 18.6. The van der Waals surface area contributed by atoms with Crippen LogP contribution >= 0.6 is 0 Å². The monoisotopic (exact) mass is 402 g/mol. The highest BCUT2D eigenvalue weighted by atomic mass is 14.9. The molecule has 0 aliphatic rings. The minimum absolute atomic E-state index is 0.807. The molecule has 0 unspecified atom stereocenters. The number of aromatic nitrogens is 4. The fourth-order valence-corrected chi connectivity index (χ4v) is 3.11. The first-order valence-electron chi connectivity index (χ1n) is 9.84. The molecule has 0 fully saturated rings. The molecule has 0 atom stereocenters. The second-order valence-electron chi connectivity index (χ2n) is 6.86. The Morgan fingerprint density at radius 1 is 0.677 bits per heavy atom. The lowest BCUT2D eigenvalue weighted by atomic mass is 10.2. The summed E-state index contributed by atoms with van der Waals surface area (Å²) in [4.78, 5) is 25.6. The summed E-state index contributed by atoms with van der Waals surface area (Å²) in [7, 11) is 0. The Bertz CT molecular complexity index is 1350. The van der Waals surface area contributed by atoms with E-state index in [2.05, 4.69) is 24.9 Å². The van der Waals surface area contributed by atoms with Crippen molar-refractivity contribution in [1.29, 1.82) is 0 Å². The van der Waals surface area contributed by atoms with Crippen molar-refractivity contribution in [2.75, 3.05) is 0 Å². The van der Waals surface area contributed by atoms with Crippen LogP contribution in [0, 0.1) is 0 Å². The Kier molecular flexibility index (Phi) is 5.10. The lowest BCUT2D eigenvalue weighted by molar-refractivity contribution is 1.30. The molecule has 148 valence electrons. The summed E-state index contributed by atoms with van der Waals surface area (Å²) in [5, 5.41) is 0. The third-order valence-corrected chi connectivity index (χ3v) is 4.67. The number of nitrogens with one attached hydrogen (secondary N) is 1. The smallest absolute Gasteiger partial charge is 0.138 e. The van der Waals surface area contributed by atoms with Gasteiger partial charge in [-0.2, -0.15) is 0 Å². The number of hydrogen-bond acceptors (Lipinski definition) is 5. The van der Waals surface area contributed by atoms with E-state index in [1.54, 1.807) is 24.8 Å². The molecule has 0 amide bonds. The molecule has 1 N–H and O–H groups in total. The van der Waals surface area contributed by atoms with Crippen molar-refractivity contribution in [2.24, 2.45) is 9.98 Å². The lowest BCUT2D eigenvalue weighted by Gasteiger charge is -1.98. The zero-order chi connectivity index (χ0) is 20.9. The minimum atomic E-state index is 0.807. The highest BCUT2D eigenvalue weighted by Gasteiger charge is 2.06. The molecule has 6 heteroatoms. The van der Waals surface area contributed by atoms with Gasteiger partial charge in [-0.1, -0.05) is 12.1 Å². The van der Waals surface area contributed by atoms with E-state index in [1.165, 1.54) is 0 Å². The van der Waals surface area contributed by atoms with Crippen molar-refractivity contribution < 1.29 is 0 Å². The van der Waals surface area contributed by atoms with Crippen LogP contribution in [0.1, 0.15) is 11.4 Å². The van der Waals surface area contributed by atoms with Gasteiger partial charge in [0.05, 0.1) is 46.2 Å². The van der Waals surface area contributed by atoms with E-state index in [1.807, 2.05) is 78.9 Å². The van der Waals surface area contributed by atoms with Gasteiger partial charge in [0, 0.05) is 18.0 Å². The summed E-state index contributed by atoms with van der Waals surface area (Å²) >= 11 is 0. The highest BCUT2D eigenvalue weighted by molar-refractivity contribution is 5.85. The summed E-state index contributed by atoms with van der Waals surface area (Å²) in [6, 6.07) is 25.3. The Balaban J connectivity index is 1.35. The Labute approximate surface area is 179 Å². The molecule has 2 aromatic carbocycles. The Morgan fingerprint density at radius 3 is 1.97 bits per heavy atom. The molecule has 6 nitrogen and oxygen atoms in total. The molecule has 3 aromatic heterocycles. The van der Waals surface area contributed by atoms with Crippen LogP contribution in [-0.2, 0) is 0 Å². The van der Waals surface area contributed by atoms with Crippen LogP contribution in [0.3, 0.4) is 0 Å². The Hall–Kier alpha value is -4.45. The fraction of sp³-hybridized carbons (Fsp3) is 0. The lowest BCUT2D eigenvalue weighted by Crippen LogP contribution is -1.84. The third kappa shape index (κ3) is 4.43. The zero-order valence-corrected chi connectivity index (χ0v) is 16.6. The average molecular weight is 402 g/mol. The molecule has 0 aliphatic heterocycles. The van der Waals surface area contributed by atoms with Gasteiger partial charge >= 0.3 is 0 Å². The van der Waals surface area contributed by atoms with Gasteiger partial charge in [-0.15, -0.1) is 0 Å². The predicted octanol–water partition coefficient (Wildman–Crippen LogP) is 5.52. The normalized spacial score (nSPS) is 11.6. The van der Waals surface area contributed by atoms with Gasteiger partial charge in [-0.3, -0.25) is 20.0 Å². The van der Waals surface area contributed by atoms with E-state index in [-0.39, 0.29) is 0 Å². The third-order valence-electron chi connectivity index (χ3n) is 4.67. The van der Waals surface area contributed by atoms with Gasteiger partial charge in [0.25, 0.3) is 0 Å². The predicted molar refractivity (Wildman–Crippen MR) is 125 cm³/mol. The summed E-state index contributed by atoms with van der Waals surface area (Å²) < 4.78 is 0. The molecule has 0 saturated heterocycles. The topological polar surface area (TPSA) is 79.2 Å². The molecule has 5 rings (SSSR count). The number of H-pyrrole nitrogens is 1. The van der Waals surface area contributed by atoms with Crippen LogP contribution in [-0.4, -0.2) is 32.4 Å². The minimum Gasteiger partial charge on any atom is -0.338 e. The quantitative estimate of drug-likeness (QED) is 0.393. The second kappa shape index (κ2) is 8.51. The maximum Gasteiger partial charge on any atom is 0.138 e. The summed E-state index contributed by atoms with van der Waals surface area (Å²) in [5.41, 5.74) is 6.16. The van der Waals surface area contributed by atoms with Crippen molar-refractivity contribution in [1.82, 2.24) is 19.9 Å². The van der Waals surface area contributed by atoms with E-state index in [4.69, 9.17) is 4.98 Å². The van der Waals surface area contributed by atoms with Gasteiger partial charge in [0.15, 0.2) is 0 Å². The van der Waals surface area contributed by atoms with Gasteiger partial charge in [0.2, 0.25) is 0 Å². The summed E-state index contributed by atoms with van der Waals surface area (Å²) in [6.45, 7) is 0. The van der Waals surface area contributed by atoms with Crippen LogP contribution in [0.4, 0.5) is 11.4 Å². The van der Waals surface area contributed by atoms with E-state index in [0.717, 1.165) is 45.2 Å². The number of imidazole rings is 1. The van der Waals surface area contributed by atoms with Gasteiger partial charge < -0.3 is 4.98 Å². The van der Waals surface area contributed by atoms with Crippen molar-refractivity contribution >= 4 is 34.8 Å². The van der Waals surface area contributed by atoms with E-state index in [0.29, 0.717) is 0 Å². The first-order chi connectivity index (χ1) is 15.3. The van der Waals surface area contributed by atoms with Crippen LogP contribution in [0.2, 0.25) is 0 Å². The number of hydrogen-bond donors (Lipinski definition) is 1. The number of aromatic amines is 1. The molecule has 3 heterocycles. The van der Waals surface area contributed by atoms with Crippen molar-refractivity contribution in [3.8, 4) is 11.4 Å². The van der Waals surface area contributed by atoms with Gasteiger partial charge in [-0.05, 0) is 66.7 Å². The highest BCUT2D eigenvalue weighted by Crippen LogP contribution is 2.25. The van der Waals surface area contributed by atoms with E-state index < -0.39 is 0 Å². The molecule has 5 aromatic rings. The summed E-state index contributed by atoms with van der Waals surface area (Å²) in [5.74, 6) is 0.807. The number of benzene rings is 2. The standard InChI is InChI=1S/C25H18N6/c1-3-13-26-21(5-1)16-28-19-9-7-18(8-10-19)25-30-23-12-11-20(15-24(23)31-25)29-17-22-6-2-4-14-27-22/h1-17H,(H,30,31). The SMILES string of the molecule is C(=Nc1ccc(-c2nc3ccc(N=Cc4ccccn4)cc3[nH]2)cc1)c1ccccn1. The van der Waals surface area contributed by atoms with E-state index >= 15 is 0 Å². The van der Waals surface area contributed by atoms with Gasteiger partial charge in [0.1, 0.15) is 5.82 Å². The number of nitrogens with zero attached hydrogens (tertiary/aromatic N) is 5. The number of rotatable bonds is 5. The molecule has 0 saturated carbocycles. The molecule has 31 heavy (non-hydrogen) atoms. The number of aliphatic imine (C=N–C) groups is 2.